The Morgan fingerprint density at radius 1 is 1.38 bits per heavy atom. The highest BCUT2D eigenvalue weighted by atomic mass is 14.9. The fourth-order valence-electron chi connectivity index (χ4n) is 2.38. The second-order valence-corrected chi connectivity index (χ2v) is 5.55. The molecule has 0 amide bonds. The van der Waals surface area contributed by atoms with Crippen LogP contribution in [0.4, 0.5) is 0 Å². The normalized spacial score (nSPS) is 20.9. The van der Waals surface area contributed by atoms with Crippen LogP contribution in [0.15, 0.2) is 12.3 Å². The molecule has 0 spiro atoms. The topological polar surface area (TPSA) is 51.8 Å². The Morgan fingerprint density at radius 3 is 2.69 bits per heavy atom. The van der Waals surface area contributed by atoms with Gasteiger partial charge in [0, 0.05) is 18.7 Å². The van der Waals surface area contributed by atoms with E-state index >= 15 is 0 Å². The Labute approximate surface area is 97.5 Å². The zero-order valence-electron chi connectivity index (χ0n) is 10.2. The fraction of sp³-hybridized carbons (Fsp3) is 0.692. The number of aromatic nitrogens is 2. The van der Waals surface area contributed by atoms with Crippen molar-refractivity contribution < 1.29 is 0 Å². The van der Waals surface area contributed by atoms with Gasteiger partial charge in [-0.2, -0.15) is 0 Å². The average molecular weight is 219 g/mol. The van der Waals surface area contributed by atoms with Crippen LogP contribution in [-0.2, 0) is 6.54 Å². The van der Waals surface area contributed by atoms with Gasteiger partial charge in [-0.1, -0.05) is 13.8 Å². The highest BCUT2D eigenvalue weighted by Crippen LogP contribution is 2.41. The molecule has 0 bridgehead atoms. The van der Waals surface area contributed by atoms with Crippen molar-refractivity contribution in [3.63, 3.8) is 0 Å². The van der Waals surface area contributed by atoms with Gasteiger partial charge in [0.1, 0.15) is 5.82 Å². The van der Waals surface area contributed by atoms with E-state index in [1.54, 1.807) is 0 Å². The summed E-state index contributed by atoms with van der Waals surface area (Å²) in [5.41, 5.74) is 7.06. The molecule has 16 heavy (non-hydrogen) atoms. The first-order chi connectivity index (χ1) is 7.61. The first kappa shape index (κ1) is 11.5. The molecule has 2 N–H and O–H groups in total. The number of rotatable bonds is 2. The van der Waals surface area contributed by atoms with Gasteiger partial charge in [0.15, 0.2) is 0 Å². The van der Waals surface area contributed by atoms with Crippen molar-refractivity contribution in [3.8, 4) is 0 Å². The second-order valence-electron chi connectivity index (χ2n) is 5.55. The minimum Gasteiger partial charge on any atom is -0.325 e. The number of hydrogen-bond acceptors (Lipinski definition) is 3. The van der Waals surface area contributed by atoms with Crippen LogP contribution in [0.25, 0.3) is 0 Å². The van der Waals surface area contributed by atoms with Gasteiger partial charge in [0.25, 0.3) is 0 Å². The van der Waals surface area contributed by atoms with Crippen LogP contribution >= 0.6 is 0 Å². The van der Waals surface area contributed by atoms with E-state index in [0.717, 1.165) is 11.5 Å². The van der Waals surface area contributed by atoms with Crippen molar-refractivity contribution in [2.75, 3.05) is 0 Å². The van der Waals surface area contributed by atoms with E-state index in [1.807, 2.05) is 12.3 Å². The molecule has 0 unspecified atom stereocenters. The molecule has 1 saturated carbocycles. The summed E-state index contributed by atoms with van der Waals surface area (Å²) in [5.74, 6) is 1.54. The van der Waals surface area contributed by atoms with Crippen LogP contribution in [0.5, 0.6) is 0 Å². The van der Waals surface area contributed by atoms with E-state index in [9.17, 15) is 0 Å². The summed E-state index contributed by atoms with van der Waals surface area (Å²) in [6, 6.07) is 1.90. The third-order valence-corrected chi connectivity index (χ3v) is 3.65. The molecule has 3 nitrogen and oxygen atoms in total. The minimum atomic E-state index is 0.502. The van der Waals surface area contributed by atoms with Gasteiger partial charge in [0.05, 0.1) is 5.69 Å². The fourth-order valence-corrected chi connectivity index (χ4v) is 2.38. The van der Waals surface area contributed by atoms with E-state index in [4.69, 9.17) is 5.73 Å². The van der Waals surface area contributed by atoms with E-state index in [0.29, 0.717) is 17.9 Å². The third kappa shape index (κ3) is 2.59. The zero-order chi connectivity index (χ0) is 11.6. The van der Waals surface area contributed by atoms with Crippen LogP contribution < -0.4 is 5.73 Å². The molecule has 0 saturated heterocycles. The zero-order valence-corrected chi connectivity index (χ0v) is 10.2. The molecule has 2 rings (SSSR count). The predicted molar refractivity (Wildman–Crippen MR) is 64.9 cm³/mol. The summed E-state index contributed by atoms with van der Waals surface area (Å²) in [7, 11) is 0. The molecular weight excluding hydrogens is 198 g/mol. The number of nitrogens with zero attached hydrogens (tertiary/aromatic N) is 2. The van der Waals surface area contributed by atoms with Gasteiger partial charge in [0.2, 0.25) is 0 Å². The first-order valence-corrected chi connectivity index (χ1v) is 6.13. The molecule has 1 aromatic heterocycles. The van der Waals surface area contributed by atoms with Crippen molar-refractivity contribution in [2.24, 2.45) is 11.1 Å². The van der Waals surface area contributed by atoms with Crippen molar-refractivity contribution in [2.45, 2.75) is 52.0 Å². The number of hydrogen-bond donors (Lipinski definition) is 1. The van der Waals surface area contributed by atoms with Gasteiger partial charge in [-0.05, 0) is 37.2 Å². The van der Waals surface area contributed by atoms with E-state index in [-0.39, 0.29) is 0 Å². The summed E-state index contributed by atoms with van der Waals surface area (Å²) in [4.78, 5) is 8.92. The van der Waals surface area contributed by atoms with Gasteiger partial charge in [-0.25, -0.2) is 9.97 Å². The molecule has 0 radical (unpaired) electrons. The van der Waals surface area contributed by atoms with Crippen molar-refractivity contribution in [1.29, 1.82) is 0 Å². The van der Waals surface area contributed by atoms with Gasteiger partial charge < -0.3 is 5.73 Å². The molecule has 1 fully saturated rings. The first-order valence-electron chi connectivity index (χ1n) is 6.13. The Balaban J connectivity index is 2.08. The van der Waals surface area contributed by atoms with E-state index in [1.165, 1.54) is 25.7 Å². The van der Waals surface area contributed by atoms with Gasteiger partial charge in [-0.3, -0.25) is 0 Å². The SMILES string of the molecule is CC1(C)CCC(c2nccc(CN)n2)CC1. The Hall–Kier alpha value is -0.960. The molecule has 1 heterocycles. The lowest BCUT2D eigenvalue weighted by atomic mass is 9.73. The molecule has 0 aromatic carbocycles. The highest BCUT2D eigenvalue weighted by molar-refractivity contribution is 5.06. The molecule has 88 valence electrons. The van der Waals surface area contributed by atoms with E-state index < -0.39 is 0 Å². The van der Waals surface area contributed by atoms with Gasteiger partial charge >= 0.3 is 0 Å². The summed E-state index contributed by atoms with van der Waals surface area (Å²) < 4.78 is 0. The van der Waals surface area contributed by atoms with Crippen molar-refractivity contribution in [3.05, 3.63) is 23.8 Å². The van der Waals surface area contributed by atoms with E-state index in [2.05, 4.69) is 23.8 Å². The van der Waals surface area contributed by atoms with Crippen LogP contribution in [0, 0.1) is 5.41 Å². The Kier molecular flexibility index (Phi) is 3.24. The van der Waals surface area contributed by atoms with Crippen LogP contribution in [-0.4, -0.2) is 9.97 Å². The maximum atomic E-state index is 5.60. The Morgan fingerprint density at radius 2 is 2.06 bits per heavy atom. The Bertz CT molecular complexity index is 350. The summed E-state index contributed by atoms with van der Waals surface area (Å²) >= 11 is 0. The summed E-state index contributed by atoms with van der Waals surface area (Å²) in [5, 5.41) is 0. The molecule has 0 atom stereocenters. The molecule has 1 aliphatic rings. The van der Waals surface area contributed by atoms with Crippen LogP contribution in [0.1, 0.15) is 57.0 Å². The minimum absolute atomic E-state index is 0.502. The predicted octanol–water partition coefficient (Wildman–Crippen LogP) is 2.62. The van der Waals surface area contributed by atoms with Crippen molar-refractivity contribution >= 4 is 0 Å². The molecule has 3 heteroatoms. The lowest BCUT2D eigenvalue weighted by Crippen LogP contribution is -2.21. The summed E-state index contributed by atoms with van der Waals surface area (Å²) in [6.45, 7) is 5.20. The largest absolute Gasteiger partial charge is 0.325 e. The summed E-state index contributed by atoms with van der Waals surface area (Å²) in [6.07, 6.45) is 6.80. The highest BCUT2D eigenvalue weighted by Gasteiger charge is 2.28. The second kappa shape index (κ2) is 4.50. The third-order valence-electron chi connectivity index (χ3n) is 3.65. The maximum Gasteiger partial charge on any atom is 0.131 e. The quantitative estimate of drug-likeness (QED) is 0.832. The smallest absolute Gasteiger partial charge is 0.131 e. The number of nitrogens with two attached hydrogens (primary N) is 1. The monoisotopic (exact) mass is 219 g/mol. The molecule has 1 aliphatic carbocycles. The lowest BCUT2D eigenvalue weighted by Gasteiger charge is -2.33. The standard InChI is InChI=1S/C13H21N3/c1-13(2)6-3-10(4-7-13)12-15-8-5-11(9-14)16-12/h5,8,10H,3-4,6-7,9,14H2,1-2H3. The van der Waals surface area contributed by atoms with Crippen LogP contribution in [0.2, 0.25) is 0 Å². The molecular formula is C13H21N3. The molecule has 0 aliphatic heterocycles. The molecule has 1 aromatic rings. The average Bonchev–Trinajstić information content (AvgIpc) is 2.29. The maximum absolute atomic E-state index is 5.60. The lowest BCUT2D eigenvalue weighted by molar-refractivity contribution is 0.220. The van der Waals surface area contributed by atoms with Gasteiger partial charge in [-0.15, -0.1) is 0 Å². The van der Waals surface area contributed by atoms with Crippen LogP contribution in [0.3, 0.4) is 0 Å². The van der Waals surface area contributed by atoms with Crippen molar-refractivity contribution in [1.82, 2.24) is 9.97 Å².